The van der Waals surface area contributed by atoms with Crippen LogP contribution in [0.15, 0.2) is 23.3 Å². The molecule has 88 heavy (non-hydrogen) atoms. The highest BCUT2D eigenvalue weighted by Gasteiger charge is 2.54. The van der Waals surface area contributed by atoms with Crippen LogP contribution in [0.3, 0.4) is 0 Å². The van der Waals surface area contributed by atoms with Gasteiger partial charge in [0.25, 0.3) is 5.91 Å². The minimum absolute atomic E-state index is 0.0589. The maximum Gasteiger partial charge on any atom is 0.404 e. The molecule has 19 atom stereocenters. The van der Waals surface area contributed by atoms with Gasteiger partial charge in [0.05, 0.1) is 72.7 Å². The summed E-state index contributed by atoms with van der Waals surface area (Å²) in [4.78, 5) is 117. The van der Waals surface area contributed by atoms with E-state index in [1.54, 1.807) is 0 Å². The molecule has 2 fully saturated rings. The third-order valence-electron chi connectivity index (χ3n) is 14.1. The Morgan fingerprint density at radius 1 is 0.795 bits per heavy atom. The number of aliphatic hydroxyl groups is 8. The number of H-pyrrole nitrogens is 1. The van der Waals surface area contributed by atoms with Crippen molar-refractivity contribution in [2.24, 2.45) is 28.9 Å². The number of hydrogen-bond acceptors (Lipinski definition) is 30. The molecule has 486 valence electrons. The van der Waals surface area contributed by atoms with Crippen molar-refractivity contribution >= 4 is 70.0 Å². The van der Waals surface area contributed by atoms with Crippen molar-refractivity contribution in [1.82, 2.24) is 56.5 Å². The van der Waals surface area contributed by atoms with Crippen molar-refractivity contribution in [2.45, 2.75) is 157 Å². The summed E-state index contributed by atoms with van der Waals surface area (Å²) >= 11 is 2.78. The molecular formula is C50H74N16O20S2. The number of primary amides is 3. The minimum atomic E-state index is -2.19. The molecule has 24 N–H and O–H groups in total. The number of aromatic nitrogens is 6. The van der Waals surface area contributed by atoms with Gasteiger partial charge in [0, 0.05) is 47.9 Å². The molecule has 4 aromatic heterocycles. The Kier molecular flexibility index (Phi) is 24.9. The molecule has 2 aliphatic heterocycles. The maximum absolute atomic E-state index is 15.1. The number of nitrogen functional groups attached to an aromatic ring is 1. The summed E-state index contributed by atoms with van der Waals surface area (Å²) in [5.41, 5.74) is 28.8. The summed E-state index contributed by atoms with van der Waals surface area (Å²) in [5.74, 6) is -8.24. The highest BCUT2D eigenvalue weighted by atomic mass is 32.1. The third kappa shape index (κ3) is 17.6. The van der Waals surface area contributed by atoms with Crippen molar-refractivity contribution in [2.75, 3.05) is 32.0 Å². The number of ether oxygens (including phenoxy) is 5. The molecule has 0 aliphatic carbocycles. The number of rotatable bonds is 30. The molecule has 0 aromatic carbocycles. The van der Waals surface area contributed by atoms with E-state index in [0.29, 0.717) is 17.1 Å². The van der Waals surface area contributed by atoms with Gasteiger partial charge in [0.15, 0.2) is 18.7 Å². The Bertz CT molecular complexity index is 3040. The Labute approximate surface area is 508 Å². The lowest BCUT2D eigenvalue weighted by molar-refractivity contribution is -0.372. The molecular weight excluding hydrogens is 1210 g/mol. The number of hydrogen-bond donors (Lipinski definition) is 19. The first-order chi connectivity index (χ1) is 41.5. The summed E-state index contributed by atoms with van der Waals surface area (Å²) in [6.07, 6.45) is -24.8. The van der Waals surface area contributed by atoms with Crippen LogP contribution < -0.4 is 55.3 Å². The van der Waals surface area contributed by atoms with Crippen LogP contribution in [0.2, 0.25) is 0 Å². The topological polar surface area (TPSA) is 598 Å². The highest BCUT2D eigenvalue weighted by Crippen LogP contribution is 2.35. The van der Waals surface area contributed by atoms with Crippen molar-refractivity contribution in [1.29, 1.82) is 0 Å². The van der Waals surface area contributed by atoms with E-state index in [1.807, 2.05) is 17.7 Å². The quantitative estimate of drug-likeness (QED) is 0.0231. The predicted octanol–water partition coefficient (Wildman–Crippen LogP) is -7.39. The van der Waals surface area contributed by atoms with E-state index < -0.39 is 183 Å². The van der Waals surface area contributed by atoms with Crippen LogP contribution in [-0.4, -0.2) is 236 Å². The van der Waals surface area contributed by atoms with Gasteiger partial charge in [-0.25, -0.2) is 29.7 Å². The largest absolute Gasteiger partial charge is 0.441 e. The minimum Gasteiger partial charge on any atom is -0.441 e. The standard InChI is InChI=1S/C50H74N16O20S2/c1-16-13-88-47(60-16)24-14-87-28(62-24)6-7-57-44(78)30(20(5)69)64-43(77)18(3)32(71)19(4)61-46(80)31(65-45(79)29-17(2)40(53)66-42(63-29)22(8-27(52)70)58-9-21(51)41(54)76)37(23-10-56-15-59-23)84-49-39(35(74)33(72)25(11-67)83-49)85-48-36(75)38(86-50(55)81)34(73)26(12-68)82-48/h10,13-15,18-22,25-26,30-39,48-49,58,67-69,71-75H,6-9,11-12,51H2,1-5H3,(H2,52,70)(H2,54,76)(H2,55,81)(H,56,59)(H,57,78)(H,61,80)(H,64,77)(H,65,79)(H2,53,63,66)/t18-,19+,20+,21-,22-,25-,26+,30-,31-,32-,33+,34+,35-,36-,37-,38-,39-,48+,49-/m0/s1. The monoisotopic (exact) mass is 1280 g/mol. The van der Waals surface area contributed by atoms with Gasteiger partial charge in [-0.15, -0.1) is 22.7 Å². The van der Waals surface area contributed by atoms with Crippen molar-refractivity contribution < 1.29 is 98.1 Å². The smallest absolute Gasteiger partial charge is 0.404 e. The fourth-order valence-corrected chi connectivity index (χ4v) is 10.7. The summed E-state index contributed by atoms with van der Waals surface area (Å²) in [6, 6.07) is -7.74. The van der Waals surface area contributed by atoms with Gasteiger partial charge in [0.1, 0.15) is 89.0 Å². The molecule has 0 radical (unpaired) electrons. The van der Waals surface area contributed by atoms with Gasteiger partial charge in [-0.3, -0.25) is 28.8 Å². The van der Waals surface area contributed by atoms with Crippen LogP contribution in [0.5, 0.6) is 0 Å². The Morgan fingerprint density at radius 3 is 2.08 bits per heavy atom. The van der Waals surface area contributed by atoms with Crippen LogP contribution in [0, 0.1) is 19.8 Å². The van der Waals surface area contributed by atoms with Crippen LogP contribution in [0.1, 0.15) is 77.6 Å². The van der Waals surface area contributed by atoms with Gasteiger partial charge < -0.3 is 125 Å². The SMILES string of the molecule is Cc1csc(-c2csc(CCNC(=O)[C@@H](NC(=O)[C@@H](C)[C@H](O)[C@@H](C)NC(=O)[C@@H](NC(=O)c3nc([C@H](CC(N)=O)NC[C@H](N)C(N)=O)nc(N)c3C)[C@@H](O[C@@H]3O[C@@H](CO)[C@@H](O)[C@H](O)[C@@H]3O[C@H]3O[C@H](CO)[C@@H](O)[C@H](OC(N)=O)[C@@H]3O)c3cnc[nH]3)[C@@H](C)O)n2)n1. The first-order valence-electron chi connectivity index (χ1n) is 27.2. The molecule has 36 nitrogen and oxygen atoms in total. The maximum atomic E-state index is 15.1. The highest BCUT2D eigenvalue weighted by molar-refractivity contribution is 7.14. The van der Waals surface area contributed by atoms with Gasteiger partial charge in [-0.05, 0) is 27.7 Å². The predicted molar refractivity (Wildman–Crippen MR) is 302 cm³/mol. The third-order valence-corrected chi connectivity index (χ3v) is 16.0. The van der Waals surface area contributed by atoms with E-state index in [0.717, 1.165) is 23.2 Å². The number of aryl methyl sites for hydroxylation is 1. The van der Waals surface area contributed by atoms with Crippen molar-refractivity contribution in [3.8, 4) is 10.7 Å². The summed E-state index contributed by atoms with van der Waals surface area (Å²) in [5, 5.41) is 106. The van der Waals surface area contributed by atoms with Gasteiger partial charge >= 0.3 is 6.09 Å². The van der Waals surface area contributed by atoms with Gasteiger partial charge in [-0.1, -0.05) is 6.92 Å². The number of nitrogens with two attached hydrogens (primary N) is 5. The molecule has 0 spiro atoms. The number of nitrogens with one attached hydrogen (secondary N) is 6. The zero-order valence-electron chi connectivity index (χ0n) is 47.9. The molecule has 7 amide bonds. The zero-order chi connectivity index (χ0) is 65.0. The summed E-state index contributed by atoms with van der Waals surface area (Å²) in [7, 11) is 0. The molecule has 4 aromatic rings. The molecule has 6 heterocycles. The number of nitrogens with zero attached hydrogens (tertiary/aromatic N) is 5. The number of thiazole rings is 2. The Morgan fingerprint density at radius 2 is 1.48 bits per heavy atom. The summed E-state index contributed by atoms with van der Waals surface area (Å²) in [6.45, 7) is 4.64. The first-order valence-corrected chi connectivity index (χ1v) is 28.9. The van der Waals surface area contributed by atoms with E-state index >= 15 is 4.79 Å². The van der Waals surface area contributed by atoms with Crippen molar-refractivity contribution in [3.05, 3.63) is 56.8 Å². The fourth-order valence-electron chi connectivity index (χ4n) is 9.12. The van der Waals surface area contributed by atoms with E-state index in [9.17, 15) is 69.6 Å². The van der Waals surface area contributed by atoms with E-state index in [-0.39, 0.29) is 36.0 Å². The molecule has 6 rings (SSSR count). The second-order valence-corrected chi connectivity index (χ2v) is 22.6. The van der Waals surface area contributed by atoms with E-state index in [1.165, 1.54) is 50.4 Å². The van der Waals surface area contributed by atoms with E-state index in [2.05, 4.69) is 56.5 Å². The number of carbonyl (C=O) groups is 7. The molecule has 2 saturated heterocycles. The van der Waals surface area contributed by atoms with Crippen molar-refractivity contribution in [3.63, 3.8) is 0 Å². The molecule has 38 heteroatoms. The van der Waals surface area contributed by atoms with Crippen LogP contribution >= 0.6 is 22.7 Å². The first kappa shape index (κ1) is 70.0. The Hall–Kier alpha value is -7.12. The lowest BCUT2D eigenvalue weighted by Crippen LogP contribution is -2.65. The lowest BCUT2D eigenvalue weighted by Gasteiger charge is -2.47. The lowest BCUT2D eigenvalue weighted by atomic mass is 9.96. The number of aromatic amines is 1. The van der Waals surface area contributed by atoms with Crippen LogP contribution in [0.25, 0.3) is 10.7 Å². The van der Waals surface area contributed by atoms with Gasteiger partial charge in [-0.2, -0.15) is 0 Å². The normalized spacial score (nSPS) is 25.1. The molecule has 2 aliphatic rings. The molecule has 0 bridgehead atoms. The van der Waals surface area contributed by atoms with Crippen LogP contribution in [-0.2, 0) is 54.1 Å². The second-order valence-electron chi connectivity index (χ2n) is 20.8. The average Bonchev–Trinajstić information content (AvgIpc) is 4.31. The zero-order valence-corrected chi connectivity index (χ0v) is 49.6. The van der Waals surface area contributed by atoms with Crippen LogP contribution in [0.4, 0.5) is 10.6 Å². The molecule has 0 unspecified atom stereocenters. The number of carbonyl (C=O) groups excluding carboxylic acids is 7. The average molecular weight is 1280 g/mol. The molecule has 0 saturated carbocycles. The Balaban J connectivity index is 1.32. The number of amides is 7. The van der Waals surface area contributed by atoms with E-state index in [4.69, 9.17) is 52.4 Å². The summed E-state index contributed by atoms with van der Waals surface area (Å²) < 4.78 is 28.7. The number of aliphatic hydroxyl groups excluding tert-OH is 8. The fraction of sp³-hybridized carbons (Fsp3) is 0.600. The van der Waals surface area contributed by atoms with Gasteiger partial charge in [0.2, 0.25) is 29.5 Å². The number of imidazole rings is 1. The number of anilines is 1. The second kappa shape index (κ2) is 31.4.